The summed E-state index contributed by atoms with van der Waals surface area (Å²) in [5, 5.41) is 9.40. The molecule has 0 aromatic carbocycles. The predicted octanol–water partition coefficient (Wildman–Crippen LogP) is 2.38. The van der Waals surface area contributed by atoms with Crippen molar-refractivity contribution in [2.45, 2.75) is 39.2 Å². The molecule has 0 aromatic heterocycles. The van der Waals surface area contributed by atoms with Gasteiger partial charge < -0.3 is 9.84 Å². The third-order valence-electron chi connectivity index (χ3n) is 2.24. The summed E-state index contributed by atoms with van der Waals surface area (Å²) in [4.78, 5) is 0. The molecule has 13 heavy (non-hydrogen) atoms. The van der Waals surface area contributed by atoms with E-state index in [4.69, 9.17) is 4.74 Å². The van der Waals surface area contributed by atoms with E-state index in [9.17, 15) is 5.11 Å². The molecule has 0 radical (unpaired) electrons. The summed E-state index contributed by atoms with van der Waals surface area (Å²) in [5.74, 6) is 0. The molecule has 0 saturated carbocycles. The molecule has 1 N–H and O–H groups in total. The molecule has 0 aromatic rings. The molecule has 0 amide bonds. The monoisotopic (exact) mass is 186 g/mol. The maximum absolute atomic E-state index is 9.40. The largest absolute Gasteiger partial charge is 0.389 e. The van der Waals surface area contributed by atoms with Gasteiger partial charge in [0.1, 0.15) is 0 Å². The fourth-order valence-corrected chi connectivity index (χ4v) is 1.45. The van der Waals surface area contributed by atoms with E-state index in [-0.39, 0.29) is 11.5 Å². The van der Waals surface area contributed by atoms with Crippen LogP contribution < -0.4 is 0 Å². The third kappa shape index (κ3) is 6.79. The second kappa shape index (κ2) is 6.17. The highest BCUT2D eigenvalue weighted by atomic mass is 16.5. The highest BCUT2D eigenvalue weighted by molar-refractivity contribution is 4.83. The average Bonchev–Trinajstić information content (AvgIpc) is 2.03. The quantitative estimate of drug-likeness (QED) is 0.488. The Kier molecular flexibility index (Phi) is 6.00. The zero-order chi connectivity index (χ0) is 10.3. The van der Waals surface area contributed by atoms with Gasteiger partial charge in [0.15, 0.2) is 0 Å². The maximum Gasteiger partial charge on any atom is 0.0723 e. The molecule has 1 atom stereocenters. The Hall–Kier alpha value is -0.340. The van der Waals surface area contributed by atoms with Crippen LogP contribution in [0.2, 0.25) is 0 Å². The number of hydrogen-bond acceptors (Lipinski definition) is 2. The van der Waals surface area contributed by atoms with Crippen molar-refractivity contribution < 1.29 is 9.84 Å². The molecule has 0 aliphatic rings. The van der Waals surface area contributed by atoms with Crippen molar-refractivity contribution in [1.82, 2.24) is 0 Å². The summed E-state index contributed by atoms with van der Waals surface area (Å²) < 4.78 is 4.99. The van der Waals surface area contributed by atoms with Gasteiger partial charge in [-0.1, -0.05) is 19.9 Å². The molecule has 0 aliphatic carbocycles. The lowest BCUT2D eigenvalue weighted by Crippen LogP contribution is -2.19. The topological polar surface area (TPSA) is 29.5 Å². The predicted molar refractivity (Wildman–Crippen MR) is 55.7 cm³/mol. The molecule has 0 fully saturated rings. The summed E-state index contributed by atoms with van der Waals surface area (Å²) in [6.45, 7) is 8.69. The standard InChI is InChI=1S/C11H22O2/c1-5-10(12)9-11(2,3)7-6-8-13-4/h5,10,12H,1,6-9H2,2-4H3. The Balaban J connectivity index is 3.71. The van der Waals surface area contributed by atoms with Crippen LogP contribution in [0.3, 0.4) is 0 Å². The second-order valence-electron chi connectivity index (χ2n) is 4.27. The maximum atomic E-state index is 9.40. The van der Waals surface area contributed by atoms with Crippen LogP contribution >= 0.6 is 0 Å². The molecule has 0 rings (SSSR count). The molecular weight excluding hydrogens is 164 g/mol. The van der Waals surface area contributed by atoms with Gasteiger partial charge in [-0.15, -0.1) is 6.58 Å². The zero-order valence-corrected chi connectivity index (χ0v) is 9.05. The van der Waals surface area contributed by atoms with E-state index in [1.807, 2.05) is 0 Å². The lowest BCUT2D eigenvalue weighted by Gasteiger charge is -2.26. The minimum Gasteiger partial charge on any atom is -0.389 e. The van der Waals surface area contributed by atoms with Crippen molar-refractivity contribution in [2.75, 3.05) is 13.7 Å². The van der Waals surface area contributed by atoms with Gasteiger partial charge in [-0.2, -0.15) is 0 Å². The number of rotatable bonds is 7. The minimum atomic E-state index is -0.377. The molecule has 0 aliphatic heterocycles. The Labute approximate surface area is 81.6 Å². The van der Waals surface area contributed by atoms with Crippen LogP contribution in [0.5, 0.6) is 0 Å². The van der Waals surface area contributed by atoms with Crippen molar-refractivity contribution in [3.05, 3.63) is 12.7 Å². The van der Waals surface area contributed by atoms with E-state index in [0.717, 1.165) is 25.9 Å². The summed E-state index contributed by atoms with van der Waals surface area (Å²) >= 11 is 0. The highest BCUT2D eigenvalue weighted by Gasteiger charge is 2.20. The Morgan fingerprint density at radius 2 is 2.15 bits per heavy atom. The number of hydrogen-bond donors (Lipinski definition) is 1. The number of aliphatic hydroxyl groups is 1. The van der Waals surface area contributed by atoms with Gasteiger partial charge in [-0.05, 0) is 24.7 Å². The zero-order valence-electron chi connectivity index (χ0n) is 9.05. The van der Waals surface area contributed by atoms with Crippen molar-refractivity contribution in [3.63, 3.8) is 0 Å². The van der Waals surface area contributed by atoms with Gasteiger partial charge in [-0.3, -0.25) is 0 Å². The van der Waals surface area contributed by atoms with Crippen LogP contribution in [-0.2, 0) is 4.74 Å². The van der Waals surface area contributed by atoms with Gasteiger partial charge >= 0.3 is 0 Å². The fraction of sp³-hybridized carbons (Fsp3) is 0.818. The summed E-state index contributed by atoms with van der Waals surface area (Å²) in [6, 6.07) is 0. The lowest BCUT2D eigenvalue weighted by atomic mass is 9.82. The molecule has 2 heteroatoms. The van der Waals surface area contributed by atoms with Crippen LogP contribution in [0.25, 0.3) is 0 Å². The van der Waals surface area contributed by atoms with Crippen molar-refractivity contribution >= 4 is 0 Å². The van der Waals surface area contributed by atoms with Crippen LogP contribution in [0.1, 0.15) is 33.1 Å². The van der Waals surface area contributed by atoms with Crippen LogP contribution in [0.4, 0.5) is 0 Å². The van der Waals surface area contributed by atoms with Crippen LogP contribution in [-0.4, -0.2) is 24.9 Å². The Morgan fingerprint density at radius 3 is 2.62 bits per heavy atom. The van der Waals surface area contributed by atoms with Crippen LogP contribution in [0.15, 0.2) is 12.7 Å². The molecule has 0 heterocycles. The second-order valence-corrected chi connectivity index (χ2v) is 4.27. The third-order valence-corrected chi connectivity index (χ3v) is 2.24. The van der Waals surface area contributed by atoms with Gasteiger partial charge in [-0.25, -0.2) is 0 Å². The highest BCUT2D eigenvalue weighted by Crippen LogP contribution is 2.28. The Bertz CT molecular complexity index is 141. The van der Waals surface area contributed by atoms with Gasteiger partial charge in [0.05, 0.1) is 6.10 Å². The number of aliphatic hydroxyl groups excluding tert-OH is 1. The first kappa shape index (κ1) is 12.7. The van der Waals surface area contributed by atoms with E-state index in [2.05, 4.69) is 20.4 Å². The fourth-order valence-electron chi connectivity index (χ4n) is 1.45. The van der Waals surface area contributed by atoms with Crippen LogP contribution in [0, 0.1) is 5.41 Å². The summed E-state index contributed by atoms with van der Waals surface area (Å²) in [5.41, 5.74) is 0.173. The summed E-state index contributed by atoms with van der Waals surface area (Å²) in [6.07, 6.45) is 4.12. The van der Waals surface area contributed by atoms with Crippen molar-refractivity contribution in [2.24, 2.45) is 5.41 Å². The first-order valence-electron chi connectivity index (χ1n) is 4.81. The van der Waals surface area contributed by atoms with Crippen molar-refractivity contribution in [1.29, 1.82) is 0 Å². The molecule has 0 bridgehead atoms. The van der Waals surface area contributed by atoms with Gasteiger partial charge in [0, 0.05) is 13.7 Å². The SMILES string of the molecule is C=CC(O)CC(C)(C)CCCOC. The minimum absolute atomic E-state index is 0.173. The van der Waals surface area contributed by atoms with E-state index in [1.165, 1.54) is 0 Å². The van der Waals surface area contributed by atoms with E-state index in [1.54, 1.807) is 13.2 Å². The van der Waals surface area contributed by atoms with Gasteiger partial charge in [0.2, 0.25) is 0 Å². The van der Waals surface area contributed by atoms with E-state index >= 15 is 0 Å². The van der Waals surface area contributed by atoms with Gasteiger partial charge in [0.25, 0.3) is 0 Å². The number of ether oxygens (including phenoxy) is 1. The van der Waals surface area contributed by atoms with Crippen molar-refractivity contribution in [3.8, 4) is 0 Å². The Morgan fingerprint density at radius 1 is 1.54 bits per heavy atom. The van der Waals surface area contributed by atoms with E-state index < -0.39 is 0 Å². The molecule has 2 nitrogen and oxygen atoms in total. The molecular formula is C11H22O2. The molecule has 78 valence electrons. The number of methoxy groups -OCH3 is 1. The van der Waals surface area contributed by atoms with E-state index in [0.29, 0.717) is 0 Å². The smallest absolute Gasteiger partial charge is 0.0723 e. The summed E-state index contributed by atoms with van der Waals surface area (Å²) in [7, 11) is 1.71. The molecule has 1 unspecified atom stereocenters. The average molecular weight is 186 g/mol. The first-order chi connectivity index (χ1) is 6.02. The molecule has 0 spiro atoms. The first-order valence-corrected chi connectivity index (χ1v) is 4.81. The molecule has 0 saturated heterocycles. The lowest BCUT2D eigenvalue weighted by molar-refractivity contribution is 0.129. The normalized spacial score (nSPS) is 14.2.